The Morgan fingerprint density at radius 1 is 1.21 bits per heavy atom. The zero-order valence-electron chi connectivity index (χ0n) is 12.4. The lowest BCUT2D eigenvalue weighted by Gasteiger charge is -2.25. The van der Waals surface area contributed by atoms with Crippen molar-refractivity contribution in [2.45, 2.75) is 24.4 Å². The maximum absolute atomic E-state index is 12.2. The van der Waals surface area contributed by atoms with Crippen LogP contribution in [-0.4, -0.2) is 70.8 Å². The first-order valence-corrected chi connectivity index (χ1v) is 7.37. The van der Waals surface area contributed by atoms with E-state index in [1.165, 1.54) is 19.2 Å². The summed E-state index contributed by atoms with van der Waals surface area (Å²) in [6.45, 7) is -0.869. The molecule has 0 heterocycles. The summed E-state index contributed by atoms with van der Waals surface area (Å²) in [5.41, 5.74) is -0.275. The molecule has 1 aromatic rings. The minimum absolute atomic E-state index is 0.0564. The fourth-order valence-corrected chi connectivity index (χ4v) is 2.27. The fourth-order valence-electron chi connectivity index (χ4n) is 1.81. The molecule has 0 bridgehead atoms. The number of rotatable bonds is 8. The molecule has 0 aromatic heterocycles. The number of carbonyl (C=O) groups excluding carboxylic acids is 2. The summed E-state index contributed by atoms with van der Waals surface area (Å²) < 4.78 is 9.78. The SMILES string of the molecule is COc1c(Cl)ccc(Cl)c1C(=O)O[C@@H](C=O)[C@@H](O)[C@H](O)[C@H](O)CO. The monoisotopic (exact) mass is 382 g/mol. The number of aldehydes is 1. The van der Waals surface area contributed by atoms with Gasteiger partial charge in [0.05, 0.1) is 23.8 Å². The van der Waals surface area contributed by atoms with E-state index in [9.17, 15) is 24.9 Å². The van der Waals surface area contributed by atoms with Crippen molar-refractivity contribution in [2.75, 3.05) is 13.7 Å². The molecule has 0 radical (unpaired) electrons. The Balaban J connectivity index is 3.05. The highest BCUT2D eigenvalue weighted by Gasteiger charge is 2.34. The van der Waals surface area contributed by atoms with E-state index >= 15 is 0 Å². The van der Waals surface area contributed by atoms with Crippen LogP contribution in [-0.2, 0) is 9.53 Å². The zero-order valence-corrected chi connectivity index (χ0v) is 13.9. The minimum Gasteiger partial charge on any atom is -0.494 e. The summed E-state index contributed by atoms with van der Waals surface area (Å²) in [5, 5.41) is 37.4. The molecule has 0 aliphatic rings. The van der Waals surface area contributed by atoms with Gasteiger partial charge in [0.2, 0.25) is 0 Å². The highest BCUT2D eigenvalue weighted by Crippen LogP contribution is 2.34. The average Bonchev–Trinajstić information content (AvgIpc) is 2.58. The number of halogens is 2. The number of aliphatic hydroxyl groups is 4. The number of aliphatic hydroxyl groups excluding tert-OH is 4. The van der Waals surface area contributed by atoms with Gasteiger partial charge in [-0.2, -0.15) is 0 Å². The molecule has 4 atom stereocenters. The van der Waals surface area contributed by atoms with Crippen molar-refractivity contribution in [3.8, 4) is 5.75 Å². The van der Waals surface area contributed by atoms with Gasteiger partial charge in [-0.25, -0.2) is 4.79 Å². The molecule has 134 valence electrons. The molecule has 1 rings (SSSR count). The number of methoxy groups -OCH3 is 1. The average molecular weight is 383 g/mol. The number of hydrogen-bond acceptors (Lipinski definition) is 8. The molecule has 4 N–H and O–H groups in total. The van der Waals surface area contributed by atoms with Crippen LogP contribution in [0.5, 0.6) is 5.75 Å². The van der Waals surface area contributed by atoms with Crippen molar-refractivity contribution in [2.24, 2.45) is 0 Å². The van der Waals surface area contributed by atoms with Gasteiger partial charge >= 0.3 is 5.97 Å². The summed E-state index contributed by atoms with van der Waals surface area (Å²) in [6.07, 6.45) is -7.40. The normalized spacial score (nSPS) is 16.0. The molecule has 0 saturated carbocycles. The molecule has 24 heavy (non-hydrogen) atoms. The Kier molecular flexibility index (Phi) is 7.88. The largest absolute Gasteiger partial charge is 0.494 e. The molecule has 0 fully saturated rings. The van der Waals surface area contributed by atoms with Crippen LogP contribution in [0.15, 0.2) is 12.1 Å². The van der Waals surface area contributed by atoms with E-state index in [1.54, 1.807) is 0 Å². The van der Waals surface area contributed by atoms with Gasteiger partial charge in [0.1, 0.15) is 23.9 Å². The van der Waals surface area contributed by atoms with Crippen molar-refractivity contribution < 1.29 is 39.5 Å². The van der Waals surface area contributed by atoms with Gasteiger partial charge in [-0.3, -0.25) is 4.79 Å². The Hall–Kier alpha value is -1.42. The smallest absolute Gasteiger partial charge is 0.344 e. The molecule has 0 aliphatic carbocycles. The molecule has 0 aliphatic heterocycles. The molecule has 10 heteroatoms. The van der Waals surface area contributed by atoms with E-state index in [0.29, 0.717) is 0 Å². The van der Waals surface area contributed by atoms with Gasteiger partial charge in [0.15, 0.2) is 18.1 Å². The van der Waals surface area contributed by atoms with Gasteiger partial charge in [0, 0.05) is 0 Å². The van der Waals surface area contributed by atoms with Gasteiger partial charge < -0.3 is 29.9 Å². The van der Waals surface area contributed by atoms with E-state index in [4.69, 9.17) is 37.8 Å². The van der Waals surface area contributed by atoms with Crippen LogP contribution in [0.3, 0.4) is 0 Å². The van der Waals surface area contributed by atoms with E-state index in [2.05, 4.69) is 0 Å². The van der Waals surface area contributed by atoms with E-state index in [1.807, 2.05) is 0 Å². The van der Waals surface area contributed by atoms with E-state index in [-0.39, 0.29) is 27.6 Å². The van der Waals surface area contributed by atoms with Crippen LogP contribution in [0.1, 0.15) is 10.4 Å². The maximum Gasteiger partial charge on any atom is 0.344 e. The van der Waals surface area contributed by atoms with Crippen molar-refractivity contribution in [3.63, 3.8) is 0 Å². The summed E-state index contributed by atoms with van der Waals surface area (Å²) in [4.78, 5) is 23.3. The highest BCUT2D eigenvalue weighted by atomic mass is 35.5. The topological polar surface area (TPSA) is 134 Å². The van der Waals surface area contributed by atoms with Crippen LogP contribution < -0.4 is 4.74 Å². The lowest BCUT2D eigenvalue weighted by atomic mass is 10.0. The van der Waals surface area contributed by atoms with Crippen LogP contribution in [0, 0.1) is 0 Å². The number of benzene rings is 1. The molecule has 0 unspecified atom stereocenters. The summed E-state index contributed by atoms with van der Waals surface area (Å²) >= 11 is 11.8. The molecular formula is C14H16Cl2O8. The maximum atomic E-state index is 12.2. The van der Waals surface area contributed by atoms with Gasteiger partial charge in [-0.1, -0.05) is 23.2 Å². The van der Waals surface area contributed by atoms with Crippen LogP contribution in [0.2, 0.25) is 10.0 Å². The molecule has 1 aromatic carbocycles. The van der Waals surface area contributed by atoms with Gasteiger partial charge in [-0.05, 0) is 12.1 Å². The molecule has 0 spiro atoms. The first-order valence-electron chi connectivity index (χ1n) is 6.61. The number of hydrogen-bond donors (Lipinski definition) is 4. The third-order valence-corrected chi connectivity index (χ3v) is 3.72. The zero-order chi connectivity index (χ0) is 18.4. The predicted octanol–water partition coefficient (Wildman–Crippen LogP) is -0.199. The number of esters is 1. The first kappa shape index (κ1) is 20.6. The van der Waals surface area contributed by atoms with Crippen molar-refractivity contribution in [3.05, 3.63) is 27.7 Å². The highest BCUT2D eigenvalue weighted by molar-refractivity contribution is 6.37. The Morgan fingerprint density at radius 2 is 1.79 bits per heavy atom. The molecule has 0 amide bonds. The minimum atomic E-state index is -1.97. The summed E-state index contributed by atoms with van der Waals surface area (Å²) in [5.74, 6) is -1.23. The molecule has 0 saturated heterocycles. The van der Waals surface area contributed by atoms with Crippen LogP contribution in [0.25, 0.3) is 0 Å². The van der Waals surface area contributed by atoms with E-state index in [0.717, 1.165) is 0 Å². The van der Waals surface area contributed by atoms with Crippen LogP contribution >= 0.6 is 23.2 Å². The Labute approximate surface area is 147 Å². The standard InChI is InChI=1S/C14H16Cl2O8/c1-23-13-7(16)3-2-6(15)10(13)14(22)24-9(5-18)12(21)11(20)8(19)4-17/h2-3,5,8-9,11-12,17,19-21H,4H2,1H3/t8-,9+,11-,12-/m1/s1. The van der Waals surface area contributed by atoms with Crippen LogP contribution in [0.4, 0.5) is 0 Å². The predicted molar refractivity (Wildman–Crippen MR) is 83.4 cm³/mol. The second-order valence-corrected chi connectivity index (χ2v) is 5.49. The lowest BCUT2D eigenvalue weighted by Crippen LogP contribution is -2.48. The number of ether oxygens (including phenoxy) is 2. The van der Waals surface area contributed by atoms with Crippen molar-refractivity contribution in [1.29, 1.82) is 0 Å². The summed E-state index contributed by atoms with van der Waals surface area (Å²) in [7, 11) is 1.24. The summed E-state index contributed by atoms with van der Waals surface area (Å²) in [6, 6.07) is 2.69. The van der Waals surface area contributed by atoms with Crippen molar-refractivity contribution >= 4 is 35.5 Å². The molecular weight excluding hydrogens is 367 g/mol. The quantitative estimate of drug-likeness (QED) is 0.358. The third kappa shape index (κ3) is 4.56. The third-order valence-electron chi connectivity index (χ3n) is 3.11. The van der Waals surface area contributed by atoms with E-state index < -0.39 is 37.0 Å². The Bertz CT molecular complexity index is 594. The Morgan fingerprint density at radius 3 is 2.29 bits per heavy atom. The lowest BCUT2D eigenvalue weighted by molar-refractivity contribution is -0.138. The number of carbonyl (C=O) groups is 2. The fraction of sp³-hybridized carbons (Fsp3) is 0.429. The van der Waals surface area contributed by atoms with Gasteiger partial charge in [0.25, 0.3) is 0 Å². The van der Waals surface area contributed by atoms with Gasteiger partial charge in [-0.15, -0.1) is 0 Å². The first-order chi connectivity index (χ1) is 11.3. The second-order valence-electron chi connectivity index (χ2n) is 4.67. The van der Waals surface area contributed by atoms with Crippen molar-refractivity contribution in [1.82, 2.24) is 0 Å². The second kappa shape index (κ2) is 9.16. The molecule has 8 nitrogen and oxygen atoms in total.